The Bertz CT molecular complexity index is 281. The predicted octanol–water partition coefficient (Wildman–Crippen LogP) is 1.65. The Kier molecular flexibility index (Phi) is 2.86. The fourth-order valence-electron chi connectivity index (χ4n) is 2.77. The van der Waals surface area contributed by atoms with Gasteiger partial charge in [-0.3, -0.25) is 0 Å². The summed E-state index contributed by atoms with van der Waals surface area (Å²) in [6, 6.07) is 0. The van der Waals surface area contributed by atoms with Crippen LogP contribution in [0.1, 0.15) is 40.0 Å². The van der Waals surface area contributed by atoms with Crippen molar-refractivity contribution in [2.45, 2.75) is 51.2 Å². The van der Waals surface area contributed by atoms with E-state index in [1.54, 1.807) is 0 Å². The fourth-order valence-corrected chi connectivity index (χ4v) is 2.77. The normalized spacial score (nSPS) is 33.6. The Hall–Kier alpha value is -0.770. The Morgan fingerprint density at radius 3 is 2.94 bits per heavy atom. The van der Waals surface area contributed by atoms with Crippen LogP contribution in [0, 0.1) is 5.92 Å². The highest BCUT2D eigenvalue weighted by molar-refractivity contribution is 5.69. The van der Waals surface area contributed by atoms with Crippen LogP contribution in [0.2, 0.25) is 0 Å². The molecule has 1 heterocycles. The molecule has 16 heavy (non-hydrogen) atoms. The molecule has 2 N–H and O–H groups in total. The lowest BCUT2D eigenvalue weighted by Gasteiger charge is -2.35. The highest BCUT2D eigenvalue weighted by Crippen LogP contribution is 2.36. The van der Waals surface area contributed by atoms with Crippen LogP contribution in [0.15, 0.2) is 0 Å². The number of hydrogen-bond acceptors (Lipinski definition) is 3. The first-order valence-electron chi connectivity index (χ1n) is 6.10. The molecule has 2 unspecified atom stereocenters. The summed E-state index contributed by atoms with van der Waals surface area (Å²) < 4.78 is 5.31. The SMILES string of the molecule is CC(C)(C)OC(=O)NC12CCC(CNC1)C2. The highest BCUT2D eigenvalue weighted by atomic mass is 16.6. The van der Waals surface area contributed by atoms with Crippen molar-refractivity contribution in [3.05, 3.63) is 0 Å². The monoisotopic (exact) mass is 226 g/mol. The smallest absolute Gasteiger partial charge is 0.408 e. The van der Waals surface area contributed by atoms with E-state index < -0.39 is 5.60 Å². The number of nitrogens with one attached hydrogen (secondary N) is 2. The summed E-state index contributed by atoms with van der Waals surface area (Å²) in [4.78, 5) is 11.7. The van der Waals surface area contributed by atoms with Crippen LogP contribution in [0.5, 0.6) is 0 Å². The molecule has 1 aliphatic heterocycles. The van der Waals surface area contributed by atoms with Gasteiger partial charge in [0, 0.05) is 6.54 Å². The molecule has 0 aromatic heterocycles. The summed E-state index contributed by atoms with van der Waals surface area (Å²) in [5.41, 5.74) is -0.466. The standard InChI is InChI=1S/C12H22N2O2/c1-11(2,3)16-10(15)14-12-5-4-9(6-12)7-13-8-12/h9,13H,4-8H2,1-3H3,(H,14,15). The van der Waals surface area contributed by atoms with Crippen LogP contribution < -0.4 is 10.6 Å². The largest absolute Gasteiger partial charge is 0.444 e. The molecule has 2 aliphatic rings. The average molecular weight is 226 g/mol. The number of rotatable bonds is 1. The van der Waals surface area contributed by atoms with E-state index in [4.69, 9.17) is 4.74 Å². The third-order valence-electron chi connectivity index (χ3n) is 3.37. The lowest BCUT2D eigenvalue weighted by Crippen LogP contribution is -2.56. The van der Waals surface area contributed by atoms with Crippen LogP contribution in [0.3, 0.4) is 0 Å². The molecule has 4 nitrogen and oxygen atoms in total. The molecule has 1 saturated carbocycles. The van der Waals surface area contributed by atoms with Gasteiger partial charge < -0.3 is 15.4 Å². The second-order valence-corrected chi connectivity index (χ2v) is 6.15. The van der Waals surface area contributed by atoms with Crippen molar-refractivity contribution in [2.75, 3.05) is 13.1 Å². The molecular weight excluding hydrogens is 204 g/mol. The number of carbonyl (C=O) groups is 1. The summed E-state index contributed by atoms with van der Waals surface area (Å²) in [5.74, 6) is 0.726. The van der Waals surface area contributed by atoms with Crippen molar-refractivity contribution in [3.63, 3.8) is 0 Å². The molecule has 2 bridgehead atoms. The van der Waals surface area contributed by atoms with E-state index in [2.05, 4.69) is 10.6 Å². The fraction of sp³-hybridized carbons (Fsp3) is 0.917. The first-order chi connectivity index (χ1) is 7.39. The summed E-state index contributed by atoms with van der Waals surface area (Å²) in [7, 11) is 0. The van der Waals surface area contributed by atoms with Gasteiger partial charge in [-0.05, 0) is 52.5 Å². The van der Waals surface area contributed by atoms with Crippen molar-refractivity contribution in [2.24, 2.45) is 5.92 Å². The van der Waals surface area contributed by atoms with Gasteiger partial charge in [-0.2, -0.15) is 0 Å². The summed E-state index contributed by atoms with van der Waals surface area (Å²) in [6.45, 7) is 7.64. The second kappa shape index (κ2) is 3.91. The van der Waals surface area contributed by atoms with Gasteiger partial charge in [-0.1, -0.05) is 0 Å². The summed E-state index contributed by atoms with van der Waals surface area (Å²) in [5, 5.41) is 6.44. The van der Waals surface area contributed by atoms with Gasteiger partial charge in [0.2, 0.25) is 0 Å². The minimum atomic E-state index is -0.416. The van der Waals surface area contributed by atoms with E-state index in [1.165, 1.54) is 6.42 Å². The van der Waals surface area contributed by atoms with Crippen LogP contribution >= 0.6 is 0 Å². The van der Waals surface area contributed by atoms with Crippen molar-refractivity contribution >= 4 is 6.09 Å². The molecule has 1 amide bonds. The Morgan fingerprint density at radius 2 is 2.25 bits per heavy atom. The zero-order valence-corrected chi connectivity index (χ0v) is 10.4. The quantitative estimate of drug-likeness (QED) is 0.715. The van der Waals surface area contributed by atoms with Gasteiger partial charge in [0.15, 0.2) is 0 Å². The minimum Gasteiger partial charge on any atom is -0.444 e. The van der Waals surface area contributed by atoms with Crippen LogP contribution in [0.25, 0.3) is 0 Å². The van der Waals surface area contributed by atoms with Gasteiger partial charge in [-0.25, -0.2) is 4.79 Å². The molecule has 4 heteroatoms. The topological polar surface area (TPSA) is 50.4 Å². The van der Waals surface area contributed by atoms with Gasteiger partial charge >= 0.3 is 6.09 Å². The molecule has 0 radical (unpaired) electrons. The van der Waals surface area contributed by atoms with E-state index in [0.717, 1.165) is 31.8 Å². The van der Waals surface area contributed by atoms with Crippen LogP contribution in [0.4, 0.5) is 4.79 Å². The number of ether oxygens (including phenoxy) is 1. The van der Waals surface area contributed by atoms with Gasteiger partial charge in [0.25, 0.3) is 0 Å². The summed E-state index contributed by atoms with van der Waals surface area (Å²) >= 11 is 0. The van der Waals surface area contributed by atoms with Gasteiger partial charge in [0.1, 0.15) is 5.60 Å². The van der Waals surface area contributed by atoms with E-state index in [-0.39, 0.29) is 11.6 Å². The third-order valence-corrected chi connectivity index (χ3v) is 3.37. The van der Waals surface area contributed by atoms with Crippen molar-refractivity contribution in [3.8, 4) is 0 Å². The lowest BCUT2D eigenvalue weighted by molar-refractivity contribution is 0.0445. The molecular formula is C12H22N2O2. The van der Waals surface area contributed by atoms with E-state index in [0.29, 0.717) is 0 Å². The van der Waals surface area contributed by atoms with Gasteiger partial charge in [0.05, 0.1) is 5.54 Å². The third kappa shape index (κ3) is 2.67. The van der Waals surface area contributed by atoms with Crippen molar-refractivity contribution in [1.29, 1.82) is 0 Å². The van der Waals surface area contributed by atoms with Crippen molar-refractivity contribution in [1.82, 2.24) is 10.6 Å². The maximum absolute atomic E-state index is 11.7. The number of hydrogen-bond donors (Lipinski definition) is 2. The summed E-state index contributed by atoms with van der Waals surface area (Å²) in [6.07, 6.45) is 3.10. The van der Waals surface area contributed by atoms with Crippen LogP contribution in [-0.2, 0) is 4.74 Å². The van der Waals surface area contributed by atoms with Crippen LogP contribution in [-0.4, -0.2) is 30.3 Å². The number of amides is 1. The Balaban J connectivity index is 1.91. The molecule has 0 aromatic rings. The molecule has 1 aliphatic carbocycles. The molecule has 0 spiro atoms. The van der Waals surface area contributed by atoms with E-state index >= 15 is 0 Å². The molecule has 2 atom stereocenters. The lowest BCUT2D eigenvalue weighted by atomic mass is 9.93. The maximum atomic E-state index is 11.7. The van der Waals surface area contributed by atoms with Gasteiger partial charge in [-0.15, -0.1) is 0 Å². The zero-order chi connectivity index (χ0) is 11.8. The maximum Gasteiger partial charge on any atom is 0.408 e. The molecule has 92 valence electrons. The number of fused-ring (bicyclic) bond motifs is 2. The van der Waals surface area contributed by atoms with E-state index in [9.17, 15) is 4.79 Å². The second-order valence-electron chi connectivity index (χ2n) is 6.15. The molecule has 2 fully saturated rings. The number of carbonyl (C=O) groups excluding carboxylic acids is 1. The molecule has 1 saturated heterocycles. The van der Waals surface area contributed by atoms with Crippen molar-refractivity contribution < 1.29 is 9.53 Å². The number of piperidine rings is 1. The predicted molar refractivity (Wildman–Crippen MR) is 62.3 cm³/mol. The number of alkyl carbamates (subject to hydrolysis) is 1. The Morgan fingerprint density at radius 1 is 1.50 bits per heavy atom. The first kappa shape index (κ1) is 11.7. The minimum absolute atomic E-state index is 0.0503. The molecule has 0 aromatic carbocycles. The highest BCUT2D eigenvalue weighted by Gasteiger charge is 2.43. The zero-order valence-electron chi connectivity index (χ0n) is 10.4. The Labute approximate surface area is 97.1 Å². The van der Waals surface area contributed by atoms with E-state index in [1.807, 2.05) is 20.8 Å². The molecule has 2 rings (SSSR count). The average Bonchev–Trinajstić information content (AvgIpc) is 2.38. The first-order valence-corrected chi connectivity index (χ1v) is 6.10.